The molecule has 4 heteroatoms. The monoisotopic (exact) mass is 263 g/mol. The first kappa shape index (κ1) is 15.2. The van der Waals surface area contributed by atoms with E-state index in [2.05, 4.69) is 10.1 Å². The molecule has 0 aliphatic rings. The first-order chi connectivity index (χ1) is 8.84. The second kappa shape index (κ2) is 5.87. The Labute approximate surface area is 114 Å². The molecule has 1 aromatic carbocycles. The Bertz CT molecular complexity index is 492. The van der Waals surface area contributed by atoms with Gasteiger partial charge in [-0.3, -0.25) is 9.59 Å². The van der Waals surface area contributed by atoms with E-state index < -0.39 is 11.4 Å². The minimum Gasteiger partial charge on any atom is -0.468 e. The van der Waals surface area contributed by atoms with Crippen LogP contribution in [0.3, 0.4) is 0 Å². The number of anilines is 1. The van der Waals surface area contributed by atoms with E-state index in [0.29, 0.717) is 0 Å². The van der Waals surface area contributed by atoms with Crippen molar-refractivity contribution in [3.05, 3.63) is 29.3 Å². The van der Waals surface area contributed by atoms with Crippen molar-refractivity contribution in [3.8, 4) is 0 Å². The second-order valence-electron chi connectivity index (χ2n) is 5.03. The van der Waals surface area contributed by atoms with E-state index in [9.17, 15) is 9.59 Å². The average Bonchev–Trinajstić information content (AvgIpc) is 2.39. The van der Waals surface area contributed by atoms with Crippen molar-refractivity contribution in [2.75, 3.05) is 12.4 Å². The van der Waals surface area contributed by atoms with Crippen LogP contribution in [0.4, 0.5) is 5.69 Å². The molecule has 0 aromatic heterocycles. The van der Waals surface area contributed by atoms with Crippen LogP contribution in [-0.4, -0.2) is 19.0 Å². The third-order valence-corrected chi connectivity index (χ3v) is 3.24. The number of amides is 1. The van der Waals surface area contributed by atoms with Gasteiger partial charge in [-0.05, 0) is 38.3 Å². The second-order valence-corrected chi connectivity index (χ2v) is 5.03. The fraction of sp³-hybridized carbons (Fsp3) is 0.467. The Hall–Kier alpha value is -1.84. The highest BCUT2D eigenvalue weighted by Crippen LogP contribution is 2.25. The number of para-hydroxylation sites is 1. The zero-order valence-electron chi connectivity index (χ0n) is 12.2. The van der Waals surface area contributed by atoms with E-state index in [0.717, 1.165) is 23.2 Å². The highest BCUT2D eigenvalue weighted by molar-refractivity contribution is 6.08. The Morgan fingerprint density at radius 1 is 1.32 bits per heavy atom. The molecule has 0 heterocycles. The molecule has 0 spiro atoms. The molecule has 0 saturated heterocycles. The largest absolute Gasteiger partial charge is 0.468 e. The summed E-state index contributed by atoms with van der Waals surface area (Å²) < 4.78 is 4.66. The molecule has 19 heavy (non-hydrogen) atoms. The number of hydrogen-bond donors (Lipinski definition) is 1. The first-order valence-electron chi connectivity index (χ1n) is 6.33. The average molecular weight is 263 g/mol. The van der Waals surface area contributed by atoms with Crippen molar-refractivity contribution in [2.45, 2.75) is 34.1 Å². The van der Waals surface area contributed by atoms with E-state index >= 15 is 0 Å². The fourth-order valence-electron chi connectivity index (χ4n) is 1.82. The fourth-order valence-corrected chi connectivity index (χ4v) is 1.82. The molecule has 1 rings (SSSR count). The lowest BCUT2D eigenvalue weighted by Crippen LogP contribution is -2.39. The number of hydrogen-bond acceptors (Lipinski definition) is 3. The van der Waals surface area contributed by atoms with Crippen molar-refractivity contribution in [1.29, 1.82) is 0 Å². The number of carbonyl (C=O) groups excluding carboxylic acids is 2. The van der Waals surface area contributed by atoms with Gasteiger partial charge in [-0.1, -0.05) is 25.1 Å². The van der Waals surface area contributed by atoms with Crippen LogP contribution >= 0.6 is 0 Å². The Kier molecular flexibility index (Phi) is 4.70. The van der Waals surface area contributed by atoms with Gasteiger partial charge in [0.25, 0.3) is 0 Å². The maximum atomic E-state index is 12.2. The molecule has 1 aromatic rings. The normalized spacial score (nSPS) is 11.0. The lowest BCUT2D eigenvalue weighted by molar-refractivity contribution is -0.154. The molecule has 0 aliphatic carbocycles. The summed E-state index contributed by atoms with van der Waals surface area (Å²) in [6.45, 7) is 7.06. The molecule has 0 saturated carbocycles. The summed E-state index contributed by atoms with van der Waals surface area (Å²) in [4.78, 5) is 23.9. The maximum Gasteiger partial charge on any atom is 0.320 e. The van der Waals surface area contributed by atoms with Crippen LogP contribution in [0.15, 0.2) is 18.2 Å². The van der Waals surface area contributed by atoms with E-state index in [1.54, 1.807) is 13.8 Å². The van der Waals surface area contributed by atoms with Crippen molar-refractivity contribution >= 4 is 17.6 Å². The van der Waals surface area contributed by atoms with Crippen LogP contribution in [0, 0.1) is 12.3 Å². The highest BCUT2D eigenvalue weighted by Gasteiger charge is 2.37. The van der Waals surface area contributed by atoms with Crippen LogP contribution in [0.25, 0.3) is 0 Å². The van der Waals surface area contributed by atoms with Gasteiger partial charge in [0, 0.05) is 5.69 Å². The van der Waals surface area contributed by atoms with E-state index in [4.69, 9.17) is 0 Å². The molecular weight excluding hydrogens is 242 g/mol. The summed E-state index contributed by atoms with van der Waals surface area (Å²) in [7, 11) is 1.28. The summed E-state index contributed by atoms with van der Waals surface area (Å²) in [5.74, 6) is -0.903. The number of carbonyl (C=O) groups is 2. The molecule has 0 bridgehead atoms. The van der Waals surface area contributed by atoms with Crippen LogP contribution in [0.5, 0.6) is 0 Å². The molecule has 104 valence electrons. The number of benzene rings is 1. The molecule has 0 aliphatic heterocycles. The molecule has 0 atom stereocenters. The smallest absolute Gasteiger partial charge is 0.320 e. The Morgan fingerprint density at radius 2 is 1.95 bits per heavy atom. The van der Waals surface area contributed by atoms with Gasteiger partial charge in [0.15, 0.2) is 0 Å². The van der Waals surface area contributed by atoms with Gasteiger partial charge < -0.3 is 10.1 Å². The summed E-state index contributed by atoms with van der Waals surface area (Å²) in [5.41, 5.74) is 1.61. The SMILES string of the molecule is CCc1cccc(C)c1NC(=O)C(C)(C)C(=O)OC. The minimum atomic E-state index is -1.21. The molecular formula is C15H21NO3. The predicted molar refractivity (Wildman–Crippen MR) is 75.0 cm³/mol. The van der Waals surface area contributed by atoms with E-state index in [1.807, 2.05) is 32.0 Å². The van der Waals surface area contributed by atoms with Gasteiger partial charge in [-0.25, -0.2) is 0 Å². The van der Waals surface area contributed by atoms with Gasteiger partial charge in [0.1, 0.15) is 5.41 Å². The third-order valence-electron chi connectivity index (χ3n) is 3.24. The van der Waals surface area contributed by atoms with Gasteiger partial charge in [-0.15, -0.1) is 0 Å². The van der Waals surface area contributed by atoms with Gasteiger partial charge >= 0.3 is 5.97 Å². The van der Waals surface area contributed by atoms with Gasteiger partial charge in [0.05, 0.1) is 7.11 Å². The third kappa shape index (κ3) is 3.13. The zero-order valence-corrected chi connectivity index (χ0v) is 12.2. The lowest BCUT2D eigenvalue weighted by Gasteiger charge is -2.22. The zero-order chi connectivity index (χ0) is 14.6. The Morgan fingerprint density at radius 3 is 2.47 bits per heavy atom. The van der Waals surface area contributed by atoms with Gasteiger partial charge in [0.2, 0.25) is 5.91 Å². The maximum absolute atomic E-state index is 12.2. The topological polar surface area (TPSA) is 55.4 Å². The van der Waals surface area contributed by atoms with E-state index in [1.165, 1.54) is 7.11 Å². The molecule has 0 unspecified atom stereocenters. The number of rotatable bonds is 4. The summed E-state index contributed by atoms with van der Waals surface area (Å²) >= 11 is 0. The first-order valence-corrected chi connectivity index (χ1v) is 6.33. The van der Waals surface area contributed by atoms with E-state index in [-0.39, 0.29) is 5.91 Å². The minimum absolute atomic E-state index is 0.358. The number of nitrogens with one attached hydrogen (secondary N) is 1. The Balaban J connectivity index is 3.04. The standard InChI is InChI=1S/C15H21NO3/c1-6-11-9-7-8-10(2)12(11)16-13(17)15(3,4)14(18)19-5/h7-9H,6H2,1-5H3,(H,16,17). The van der Waals surface area contributed by atoms with Crippen molar-refractivity contribution in [3.63, 3.8) is 0 Å². The van der Waals surface area contributed by atoms with Crippen molar-refractivity contribution in [2.24, 2.45) is 5.41 Å². The number of aryl methyl sites for hydroxylation is 2. The summed E-state index contributed by atoms with van der Waals surface area (Å²) in [6.07, 6.45) is 0.815. The van der Waals surface area contributed by atoms with Crippen LogP contribution in [0.2, 0.25) is 0 Å². The van der Waals surface area contributed by atoms with Crippen LogP contribution in [-0.2, 0) is 20.7 Å². The van der Waals surface area contributed by atoms with Crippen LogP contribution in [0.1, 0.15) is 31.9 Å². The lowest BCUT2D eigenvalue weighted by atomic mass is 9.92. The molecule has 1 N–H and O–H groups in total. The highest BCUT2D eigenvalue weighted by atomic mass is 16.5. The van der Waals surface area contributed by atoms with Crippen molar-refractivity contribution in [1.82, 2.24) is 0 Å². The molecule has 0 fully saturated rings. The summed E-state index contributed by atoms with van der Waals surface area (Å²) in [5, 5.41) is 2.85. The van der Waals surface area contributed by atoms with Crippen molar-refractivity contribution < 1.29 is 14.3 Å². The quantitative estimate of drug-likeness (QED) is 0.671. The predicted octanol–water partition coefficient (Wildman–Crippen LogP) is 2.70. The van der Waals surface area contributed by atoms with Crippen LogP contribution < -0.4 is 5.32 Å². The number of methoxy groups -OCH3 is 1. The number of ether oxygens (including phenoxy) is 1. The molecule has 4 nitrogen and oxygen atoms in total. The van der Waals surface area contributed by atoms with Gasteiger partial charge in [-0.2, -0.15) is 0 Å². The summed E-state index contributed by atoms with van der Waals surface area (Å²) in [6, 6.07) is 5.85. The number of esters is 1. The molecule has 1 amide bonds. The molecule has 0 radical (unpaired) electrons.